The fourth-order valence-electron chi connectivity index (χ4n) is 5.79. The molecule has 0 radical (unpaired) electrons. The van der Waals surface area contributed by atoms with E-state index in [4.69, 9.17) is 0 Å². The monoisotopic (exact) mass is 434 g/mol. The number of fused-ring (bicyclic) bond motifs is 1. The van der Waals surface area contributed by atoms with Gasteiger partial charge < -0.3 is 10.3 Å². The third-order valence-electron chi connectivity index (χ3n) is 7.37. The van der Waals surface area contributed by atoms with Gasteiger partial charge in [0.05, 0.1) is 5.54 Å². The predicted molar refractivity (Wildman–Crippen MR) is 124 cm³/mol. The van der Waals surface area contributed by atoms with E-state index in [1.807, 2.05) is 24.4 Å². The molecule has 2 fully saturated rings. The molecule has 3 aromatic rings. The summed E-state index contributed by atoms with van der Waals surface area (Å²) in [5.41, 5.74) is 3.63. The lowest BCUT2D eigenvalue weighted by atomic mass is 9.80. The Hall–Kier alpha value is -2.73. The molecule has 168 valence electrons. The lowest BCUT2D eigenvalue weighted by Gasteiger charge is -2.43. The molecule has 1 saturated heterocycles. The maximum Gasteiger partial charge on any atom is 0.217 e. The van der Waals surface area contributed by atoms with Crippen LogP contribution in [0.1, 0.15) is 68.2 Å². The lowest BCUT2D eigenvalue weighted by Crippen LogP contribution is -2.52. The second-order valence-electron chi connectivity index (χ2n) is 9.42. The Labute approximate surface area is 188 Å². The van der Waals surface area contributed by atoms with Crippen molar-refractivity contribution in [1.82, 2.24) is 20.2 Å². The predicted octanol–water partition coefficient (Wildman–Crippen LogP) is 4.99. The standard InChI is InChI=1S/C26H31FN4O/c1-18(32)30-26(22-10-4-5-11-23(22)27)12-15-31(16-13-26)17-21-20-9-6-14-28-25(20)29-24(21)19-7-2-3-8-19/h4-6,9-11,14,19H,2-3,7-8,12-13,15-17H2,1H3,(H,28,29)(H,30,32). The zero-order valence-corrected chi connectivity index (χ0v) is 18.7. The molecule has 1 aromatic carbocycles. The first kappa shape index (κ1) is 21.1. The maximum atomic E-state index is 14.7. The third-order valence-corrected chi connectivity index (χ3v) is 7.37. The van der Waals surface area contributed by atoms with Crippen molar-refractivity contribution in [1.29, 1.82) is 0 Å². The molecule has 0 atom stereocenters. The number of aromatic nitrogens is 2. The molecule has 32 heavy (non-hydrogen) atoms. The van der Waals surface area contributed by atoms with Crippen LogP contribution in [0.4, 0.5) is 4.39 Å². The largest absolute Gasteiger partial charge is 0.347 e. The second-order valence-corrected chi connectivity index (χ2v) is 9.42. The number of benzene rings is 1. The van der Waals surface area contributed by atoms with Gasteiger partial charge in [0.2, 0.25) is 5.91 Å². The van der Waals surface area contributed by atoms with Crippen LogP contribution in [0.5, 0.6) is 0 Å². The van der Waals surface area contributed by atoms with Crippen LogP contribution < -0.4 is 5.32 Å². The Kier molecular flexibility index (Phi) is 5.72. The Morgan fingerprint density at radius 2 is 1.94 bits per heavy atom. The summed E-state index contributed by atoms with van der Waals surface area (Å²) in [7, 11) is 0. The number of H-pyrrole nitrogens is 1. The number of rotatable bonds is 5. The van der Waals surface area contributed by atoms with Crippen LogP contribution in [0.2, 0.25) is 0 Å². The van der Waals surface area contributed by atoms with Gasteiger partial charge in [-0.2, -0.15) is 0 Å². The SMILES string of the molecule is CC(=O)NC1(c2ccccc2F)CCN(Cc2c(C3CCCC3)[nH]c3ncccc23)CC1. The van der Waals surface area contributed by atoms with Gasteiger partial charge in [0.25, 0.3) is 0 Å². The van der Waals surface area contributed by atoms with E-state index in [-0.39, 0.29) is 11.7 Å². The molecule has 2 N–H and O–H groups in total. The van der Waals surface area contributed by atoms with Crippen molar-refractivity contribution in [2.75, 3.05) is 13.1 Å². The summed E-state index contributed by atoms with van der Waals surface area (Å²) < 4.78 is 14.7. The molecule has 0 unspecified atom stereocenters. The van der Waals surface area contributed by atoms with Gasteiger partial charge in [-0.05, 0) is 55.4 Å². The van der Waals surface area contributed by atoms with Crippen molar-refractivity contribution in [3.63, 3.8) is 0 Å². The van der Waals surface area contributed by atoms with Crippen molar-refractivity contribution < 1.29 is 9.18 Å². The molecule has 3 heterocycles. The number of pyridine rings is 1. The molecule has 0 spiro atoms. The molecule has 2 aliphatic rings. The summed E-state index contributed by atoms with van der Waals surface area (Å²) >= 11 is 0. The van der Waals surface area contributed by atoms with E-state index in [0.717, 1.165) is 25.3 Å². The molecular weight excluding hydrogens is 403 g/mol. The molecule has 0 bridgehead atoms. The minimum absolute atomic E-state index is 0.118. The number of carbonyl (C=O) groups excluding carboxylic acids is 1. The highest BCUT2D eigenvalue weighted by Crippen LogP contribution is 2.39. The number of carbonyl (C=O) groups is 1. The quantitative estimate of drug-likeness (QED) is 0.595. The Morgan fingerprint density at radius 3 is 2.66 bits per heavy atom. The zero-order valence-electron chi connectivity index (χ0n) is 18.7. The number of amides is 1. The van der Waals surface area contributed by atoms with Crippen molar-refractivity contribution in [3.05, 3.63) is 65.2 Å². The molecular formula is C26H31FN4O. The van der Waals surface area contributed by atoms with Crippen LogP contribution in [0, 0.1) is 5.82 Å². The van der Waals surface area contributed by atoms with Crippen molar-refractivity contribution in [2.45, 2.75) is 63.5 Å². The number of hydrogen-bond donors (Lipinski definition) is 2. The van der Waals surface area contributed by atoms with Gasteiger partial charge in [-0.3, -0.25) is 9.69 Å². The Balaban J connectivity index is 1.40. The van der Waals surface area contributed by atoms with E-state index in [1.165, 1.54) is 55.3 Å². The summed E-state index contributed by atoms with van der Waals surface area (Å²) in [5.74, 6) is 0.217. The summed E-state index contributed by atoms with van der Waals surface area (Å²) in [4.78, 5) is 22.7. The van der Waals surface area contributed by atoms with Gasteiger partial charge in [0.15, 0.2) is 0 Å². The minimum Gasteiger partial charge on any atom is -0.347 e. The third kappa shape index (κ3) is 3.92. The summed E-state index contributed by atoms with van der Waals surface area (Å²) in [6.07, 6.45) is 8.27. The molecule has 2 aromatic heterocycles. The Bertz CT molecular complexity index is 1110. The van der Waals surface area contributed by atoms with Crippen LogP contribution in [-0.4, -0.2) is 33.9 Å². The van der Waals surface area contributed by atoms with Crippen LogP contribution in [0.15, 0.2) is 42.6 Å². The Morgan fingerprint density at radius 1 is 1.19 bits per heavy atom. The van der Waals surface area contributed by atoms with Crippen LogP contribution in [0.25, 0.3) is 11.0 Å². The van der Waals surface area contributed by atoms with Gasteiger partial charge in [0.1, 0.15) is 11.5 Å². The van der Waals surface area contributed by atoms with Gasteiger partial charge in [-0.15, -0.1) is 0 Å². The summed E-state index contributed by atoms with van der Waals surface area (Å²) in [6.45, 7) is 3.96. The molecule has 6 heteroatoms. The average molecular weight is 435 g/mol. The number of likely N-dealkylation sites (tertiary alicyclic amines) is 1. The number of halogens is 1. The van der Waals surface area contributed by atoms with E-state index in [1.54, 1.807) is 6.07 Å². The first-order valence-corrected chi connectivity index (χ1v) is 11.8. The average Bonchev–Trinajstić information content (AvgIpc) is 3.43. The van der Waals surface area contributed by atoms with E-state index in [9.17, 15) is 9.18 Å². The minimum atomic E-state index is -0.649. The van der Waals surface area contributed by atoms with Gasteiger partial charge in [-0.25, -0.2) is 9.37 Å². The smallest absolute Gasteiger partial charge is 0.217 e. The maximum absolute atomic E-state index is 14.7. The number of piperidine rings is 1. The normalized spacial score (nSPS) is 19.4. The molecule has 1 amide bonds. The second kappa shape index (κ2) is 8.66. The van der Waals surface area contributed by atoms with Crippen molar-refractivity contribution in [3.8, 4) is 0 Å². The lowest BCUT2D eigenvalue weighted by molar-refractivity contribution is -0.121. The highest BCUT2D eigenvalue weighted by molar-refractivity contribution is 5.81. The molecule has 1 aliphatic heterocycles. The van der Waals surface area contributed by atoms with Gasteiger partial charge >= 0.3 is 0 Å². The highest BCUT2D eigenvalue weighted by atomic mass is 19.1. The van der Waals surface area contributed by atoms with Crippen molar-refractivity contribution in [2.24, 2.45) is 0 Å². The molecule has 5 rings (SSSR count). The fourth-order valence-corrected chi connectivity index (χ4v) is 5.79. The first-order valence-electron chi connectivity index (χ1n) is 11.8. The fraction of sp³-hybridized carbons (Fsp3) is 0.462. The first-order chi connectivity index (χ1) is 15.6. The van der Waals surface area contributed by atoms with Crippen LogP contribution >= 0.6 is 0 Å². The van der Waals surface area contributed by atoms with Crippen molar-refractivity contribution >= 4 is 16.9 Å². The summed E-state index contributed by atoms with van der Waals surface area (Å²) in [5, 5.41) is 4.31. The number of nitrogens with zero attached hydrogens (tertiary/aromatic N) is 2. The van der Waals surface area contributed by atoms with Gasteiger partial charge in [0, 0.05) is 49.4 Å². The van der Waals surface area contributed by atoms with E-state index >= 15 is 0 Å². The topological polar surface area (TPSA) is 61.0 Å². The van der Waals surface area contributed by atoms with E-state index in [2.05, 4.69) is 26.3 Å². The molecule has 5 nitrogen and oxygen atoms in total. The highest BCUT2D eigenvalue weighted by Gasteiger charge is 2.39. The van der Waals surface area contributed by atoms with E-state index < -0.39 is 5.54 Å². The molecule has 1 saturated carbocycles. The number of aromatic amines is 1. The zero-order chi connectivity index (χ0) is 22.1. The van der Waals surface area contributed by atoms with Gasteiger partial charge in [-0.1, -0.05) is 31.0 Å². The number of hydrogen-bond acceptors (Lipinski definition) is 3. The van der Waals surface area contributed by atoms with Crippen LogP contribution in [-0.2, 0) is 16.9 Å². The number of nitrogens with one attached hydrogen (secondary N) is 2. The van der Waals surface area contributed by atoms with E-state index in [0.29, 0.717) is 24.3 Å². The summed E-state index contributed by atoms with van der Waals surface area (Å²) in [6, 6.07) is 11.0. The molecule has 1 aliphatic carbocycles. The van der Waals surface area contributed by atoms with Crippen LogP contribution in [0.3, 0.4) is 0 Å².